The summed E-state index contributed by atoms with van der Waals surface area (Å²) in [5.74, 6) is 1.77. The zero-order valence-electron chi connectivity index (χ0n) is 18.3. The van der Waals surface area contributed by atoms with Crippen LogP contribution in [0.1, 0.15) is 17.7 Å². The van der Waals surface area contributed by atoms with Gasteiger partial charge in [0, 0.05) is 57.6 Å². The molecule has 2 aliphatic heterocycles. The Labute approximate surface area is 184 Å². The largest absolute Gasteiger partial charge is 0.492 e. The summed E-state index contributed by atoms with van der Waals surface area (Å²) in [4.78, 5) is 13.0. The van der Waals surface area contributed by atoms with Crippen molar-refractivity contribution in [3.63, 3.8) is 0 Å². The third-order valence-corrected chi connectivity index (χ3v) is 5.93. The average molecular weight is 428 g/mol. The Balaban J connectivity index is 1.17. The van der Waals surface area contributed by atoms with Crippen molar-refractivity contribution < 1.29 is 14.6 Å². The quantitative estimate of drug-likeness (QED) is 0.618. The van der Waals surface area contributed by atoms with Gasteiger partial charge in [0.05, 0.1) is 18.8 Å². The van der Waals surface area contributed by atoms with Gasteiger partial charge in [-0.05, 0) is 31.0 Å². The van der Waals surface area contributed by atoms with E-state index in [0.29, 0.717) is 26.2 Å². The summed E-state index contributed by atoms with van der Waals surface area (Å²) in [6.07, 6.45) is 2.30. The third kappa shape index (κ3) is 6.36. The molecule has 31 heavy (non-hydrogen) atoms. The highest BCUT2D eigenvalue weighted by Gasteiger charge is 2.36. The Morgan fingerprint density at radius 2 is 1.97 bits per heavy atom. The Bertz CT molecular complexity index is 828. The summed E-state index contributed by atoms with van der Waals surface area (Å²) >= 11 is 0. The van der Waals surface area contributed by atoms with Crippen molar-refractivity contribution in [3.05, 3.63) is 47.9 Å². The van der Waals surface area contributed by atoms with E-state index in [4.69, 9.17) is 9.47 Å². The first-order valence-electron chi connectivity index (χ1n) is 11.1. The molecule has 2 N–H and O–H groups in total. The minimum Gasteiger partial charge on any atom is -0.492 e. The van der Waals surface area contributed by atoms with Gasteiger partial charge in [-0.15, -0.1) is 0 Å². The molecule has 0 aliphatic carbocycles. The summed E-state index contributed by atoms with van der Waals surface area (Å²) in [5.41, 5.74) is 1.36. The minimum atomic E-state index is -0.749. The number of hydrogen-bond donors (Lipinski definition) is 2. The molecule has 0 amide bonds. The number of aromatic nitrogens is 2. The van der Waals surface area contributed by atoms with E-state index in [1.165, 1.54) is 5.56 Å². The van der Waals surface area contributed by atoms with E-state index in [2.05, 4.69) is 37.2 Å². The van der Waals surface area contributed by atoms with E-state index in [1.54, 1.807) is 6.33 Å². The van der Waals surface area contributed by atoms with E-state index in [1.807, 2.05) is 25.1 Å². The maximum absolute atomic E-state index is 10.9. The lowest BCUT2D eigenvalue weighted by Crippen LogP contribution is -2.43. The van der Waals surface area contributed by atoms with E-state index < -0.39 is 5.60 Å². The summed E-state index contributed by atoms with van der Waals surface area (Å²) in [6.45, 7) is 9.79. The number of aliphatic hydroxyl groups is 1. The molecular formula is C23H33N5O3. The number of anilines is 1. The van der Waals surface area contributed by atoms with Crippen molar-refractivity contribution in [2.75, 3.05) is 64.0 Å². The van der Waals surface area contributed by atoms with Crippen LogP contribution in [0.2, 0.25) is 0 Å². The number of rotatable bonds is 9. The summed E-state index contributed by atoms with van der Waals surface area (Å²) in [7, 11) is 0. The van der Waals surface area contributed by atoms with E-state index in [-0.39, 0.29) is 0 Å². The molecule has 0 unspecified atom stereocenters. The Morgan fingerprint density at radius 3 is 2.74 bits per heavy atom. The van der Waals surface area contributed by atoms with Crippen molar-refractivity contribution in [1.82, 2.24) is 20.2 Å². The Kier molecular flexibility index (Phi) is 7.34. The van der Waals surface area contributed by atoms with Crippen LogP contribution in [-0.4, -0.2) is 84.7 Å². The number of ether oxygens (including phenoxy) is 2. The second-order valence-corrected chi connectivity index (χ2v) is 8.46. The molecule has 0 bridgehead atoms. The maximum Gasteiger partial charge on any atom is 0.132 e. The highest BCUT2D eigenvalue weighted by molar-refractivity contribution is 5.41. The number of morpholine rings is 1. The number of β-amino-alcohol motifs (C(OH)–C–C–N with tert-alkyl or cyclic N) is 1. The highest BCUT2D eigenvalue weighted by atomic mass is 16.5. The number of nitrogens with one attached hydrogen (secondary N) is 1. The highest BCUT2D eigenvalue weighted by Crippen LogP contribution is 2.25. The van der Waals surface area contributed by atoms with Gasteiger partial charge >= 0.3 is 0 Å². The molecule has 8 nitrogen and oxygen atoms in total. The van der Waals surface area contributed by atoms with Gasteiger partial charge in [0.1, 0.15) is 24.5 Å². The van der Waals surface area contributed by atoms with Gasteiger partial charge < -0.3 is 24.8 Å². The van der Waals surface area contributed by atoms with Gasteiger partial charge in [-0.3, -0.25) is 4.90 Å². The number of aryl methyl sites for hydroxylation is 1. The van der Waals surface area contributed by atoms with Crippen molar-refractivity contribution in [2.45, 2.75) is 25.5 Å². The maximum atomic E-state index is 10.9. The molecule has 1 aromatic heterocycles. The topological polar surface area (TPSA) is 83.0 Å². The van der Waals surface area contributed by atoms with Crippen LogP contribution < -0.4 is 15.0 Å². The van der Waals surface area contributed by atoms with Crippen LogP contribution in [0.4, 0.5) is 5.82 Å². The SMILES string of the molecule is Cc1cc(N2CC[C@@](O)(CNCc3ccc(OCCN4CCOCC4)cc3)C2)ncn1. The third-order valence-electron chi connectivity index (χ3n) is 5.93. The van der Waals surface area contributed by atoms with E-state index in [9.17, 15) is 5.11 Å². The number of hydrogen-bond acceptors (Lipinski definition) is 8. The van der Waals surface area contributed by atoms with E-state index >= 15 is 0 Å². The first-order chi connectivity index (χ1) is 15.1. The van der Waals surface area contributed by atoms with Crippen LogP contribution in [0, 0.1) is 6.92 Å². The zero-order valence-corrected chi connectivity index (χ0v) is 18.3. The molecule has 2 saturated heterocycles. The lowest BCUT2D eigenvalue weighted by atomic mass is 10.0. The normalized spacial score (nSPS) is 22.1. The van der Waals surface area contributed by atoms with Gasteiger partial charge in [0.2, 0.25) is 0 Å². The predicted octanol–water partition coefficient (Wildman–Crippen LogP) is 1.23. The molecule has 4 rings (SSSR count). The minimum absolute atomic E-state index is 0.547. The molecule has 1 aromatic carbocycles. The molecular weight excluding hydrogens is 394 g/mol. The van der Waals surface area contributed by atoms with Gasteiger partial charge in [0.15, 0.2) is 0 Å². The first-order valence-corrected chi connectivity index (χ1v) is 11.1. The second kappa shape index (κ2) is 10.4. The molecule has 2 aromatic rings. The van der Waals surface area contributed by atoms with Gasteiger partial charge in [-0.25, -0.2) is 9.97 Å². The molecule has 0 spiro atoms. The molecule has 1 atom stereocenters. The molecule has 2 aliphatic rings. The Morgan fingerprint density at radius 1 is 1.16 bits per heavy atom. The first kappa shape index (κ1) is 22.0. The van der Waals surface area contributed by atoms with E-state index in [0.717, 1.165) is 63.1 Å². The summed E-state index contributed by atoms with van der Waals surface area (Å²) in [6, 6.07) is 10.1. The molecule has 168 valence electrons. The predicted molar refractivity (Wildman–Crippen MR) is 119 cm³/mol. The Hall–Kier alpha value is -2.26. The van der Waals surface area contributed by atoms with Crippen LogP contribution >= 0.6 is 0 Å². The number of benzene rings is 1. The van der Waals surface area contributed by atoms with Crippen LogP contribution in [-0.2, 0) is 11.3 Å². The van der Waals surface area contributed by atoms with Crippen molar-refractivity contribution in [1.29, 1.82) is 0 Å². The van der Waals surface area contributed by atoms with Gasteiger partial charge in [-0.2, -0.15) is 0 Å². The van der Waals surface area contributed by atoms with Crippen molar-refractivity contribution in [3.8, 4) is 5.75 Å². The lowest BCUT2D eigenvalue weighted by molar-refractivity contribution is 0.0322. The molecule has 8 heteroatoms. The summed E-state index contributed by atoms with van der Waals surface area (Å²) in [5, 5.41) is 14.3. The fourth-order valence-corrected chi connectivity index (χ4v) is 4.07. The van der Waals surface area contributed by atoms with Crippen LogP contribution in [0.25, 0.3) is 0 Å². The van der Waals surface area contributed by atoms with Crippen LogP contribution in [0.15, 0.2) is 36.7 Å². The smallest absolute Gasteiger partial charge is 0.132 e. The lowest BCUT2D eigenvalue weighted by Gasteiger charge is -2.26. The number of nitrogens with zero attached hydrogens (tertiary/aromatic N) is 4. The molecule has 0 radical (unpaired) electrons. The monoisotopic (exact) mass is 427 g/mol. The van der Waals surface area contributed by atoms with Crippen LogP contribution in [0.3, 0.4) is 0 Å². The summed E-state index contributed by atoms with van der Waals surface area (Å²) < 4.78 is 11.2. The fourth-order valence-electron chi connectivity index (χ4n) is 4.07. The molecule has 2 fully saturated rings. The molecule has 3 heterocycles. The molecule has 0 saturated carbocycles. The van der Waals surface area contributed by atoms with Gasteiger partial charge in [-0.1, -0.05) is 12.1 Å². The van der Waals surface area contributed by atoms with Gasteiger partial charge in [0.25, 0.3) is 0 Å². The standard InChI is InChI=1S/C23H33N5O3/c1-19-14-22(26-18-25-19)28-7-6-23(29,17-28)16-24-15-20-2-4-21(5-3-20)31-13-10-27-8-11-30-12-9-27/h2-5,14,18,24,29H,6-13,15-17H2,1H3/t23-/m1/s1. The van der Waals surface area contributed by atoms with Crippen molar-refractivity contribution in [2.24, 2.45) is 0 Å². The van der Waals surface area contributed by atoms with Crippen molar-refractivity contribution >= 4 is 5.82 Å². The average Bonchev–Trinajstić information content (AvgIpc) is 3.18. The fraction of sp³-hybridized carbons (Fsp3) is 0.565. The second-order valence-electron chi connectivity index (χ2n) is 8.46. The zero-order chi connectivity index (χ0) is 21.5. The van der Waals surface area contributed by atoms with Crippen LogP contribution in [0.5, 0.6) is 5.75 Å².